The highest BCUT2D eigenvalue weighted by Crippen LogP contribution is 2.22. The molecule has 28 heavy (non-hydrogen) atoms. The Kier molecular flexibility index (Phi) is 6.32. The fourth-order valence-electron chi connectivity index (χ4n) is 2.93. The van der Waals surface area contributed by atoms with Crippen molar-refractivity contribution >= 4 is 17.5 Å². The van der Waals surface area contributed by atoms with Crippen molar-refractivity contribution in [2.24, 2.45) is 0 Å². The van der Waals surface area contributed by atoms with Gasteiger partial charge in [0, 0.05) is 31.2 Å². The first kappa shape index (κ1) is 19.5. The molecule has 6 heteroatoms. The number of rotatable bonds is 7. The minimum Gasteiger partial charge on any atom is -0.352 e. The van der Waals surface area contributed by atoms with E-state index in [1.807, 2.05) is 36.9 Å². The average Bonchev–Trinajstić information content (AvgIpc) is 2.70. The van der Waals surface area contributed by atoms with Gasteiger partial charge in [-0.05, 0) is 49.6 Å². The van der Waals surface area contributed by atoms with Gasteiger partial charge >= 0.3 is 0 Å². The van der Waals surface area contributed by atoms with Crippen LogP contribution >= 0.6 is 0 Å². The van der Waals surface area contributed by atoms with Crippen molar-refractivity contribution in [2.75, 3.05) is 18.0 Å². The second-order valence-electron chi connectivity index (χ2n) is 6.45. The Hall–Kier alpha value is -3.28. The van der Waals surface area contributed by atoms with Crippen molar-refractivity contribution < 1.29 is 9.18 Å². The zero-order valence-electron chi connectivity index (χ0n) is 16.0. The van der Waals surface area contributed by atoms with Gasteiger partial charge in [-0.3, -0.25) is 4.79 Å². The molecule has 0 aliphatic rings. The van der Waals surface area contributed by atoms with Crippen LogP contribution in [0, 0.1) is 12.7 Å². The third-order valence-corrected chi connectivity index (χ3v) is 4.41. The van der Waals surface area contributed by atoms with Crippen molar-refractivity contribution in [3.05, 3.63) is 83.4 Å². The third kappa shape index (κ3) is 4.71. The molecule has 0 unspecified atom stereocenters. The Morgan fingerprint density at radius 2 is 1.86 bits per heavy atom. The van der Waals surface area contributed by atoms with Crippen molar-refractivity contribution in [2.45, 2.75) is 20.3 Å². The second-order valence-corrected chi connectivity index (χ2v) is 6.45. The first-order chi connectivity index (χ1) is 13.6. The molecule has 144 valence electrons. The molecule has 0 radical (unpaired) electrons. The molecule has 0 aliphatic carbocycles. The lowest BCUT2D eigenvalue weighted by molar-refractivity contribution is 0.0953. The van der Waals surface area contributed by atoms with Crippen LogP contribution in [-0.4, -0.2) is 29.0 Å². The van der Waals surface area contributed by atoms with Crippen molar-refractivity contribution in [3.63, 3.8) is 0 Å². The number of carbonyl (C=O) groups excluding carboxylic acids is 1. The second kappa shape index (κ2) is 9.08. The first-order valence-electron chi connectivity index (χ1n) is 9.26. The number of nitrogens with zero attached hydrogens (tertiary/aromatic N) is 3. The van der Waals surface area contributed by atoms with Crippen LogP contribution in [0.1, 0.15) is 28.4 Å². The lowest BCUT2D eigenvalue weighted by Gasteiger charge is -2.21. The number of aryl methyl sites for hydroxylation is 1. The highest BCUT2D eigenvalue weighted by atomic mass is 19.1. The smallest absolute Gasteiger partial charge is 0.254 e. The van der Waals surface area contributed by atoms with Gasteiger partial charge in [0.1, 0.15) is 5.82 Å². The normalized spacial score (nSPS) is 10.5. The van der Waals surface area contributed by atoms with Gasteiger partial charge in [0.05, 0.1) is 5.56 Å². The predicted molar refractivity (Wildman–Crippen MR) is 108 cm³/mol. The molecular weight excluding hydrogens is 355 g/mol. The molecule has 5 nitrogen and oxygen atoms in total. The van der Waals surface area contributed by atoms with Crippen LogP contribution in [-0.2, 0) is 6.42 Å². The van der Waals surface area contributed by atoms with Gasteiger partial charge in [-0.25, -0.2) is 14.4 Å². The fraction of sp³-hybridized carbons (Fsp3) is 0.227. The third-order valence-electron chi connectivity index (χ3n) is 4.41. The van der Waals surface area contributed by atoms with Gasteiger partial charge < -0.3 is 10.2 Å². The van der Waals surface area contributed by atoms with Crippen molar-refractivity contribution in [1.82, 2.24) is 15.3 Å². The molecule has 0 spiro atoms. The Balaban J connectivity index is 1.63. The van der Waals surface area contributed by atoms with Crippen LogP contribution in [0.5, 0.6) is 0 Å². The molecule has 0 aliphatic heterocycles. The number of halogens is 1. The zero-order valence-corrected chi connectivity index (χ0v) is 16.0. The molecule has 0 saturated heterocycles. The maximum atomic E-state index is 13.6. The van der Waals surface area contributed by atoms with E-state index < -0.39 is 0 Å². The van der Waals surface area contributed by atoms with Crippen LogP contribution in [0.3, 0.4) is 0 Å². The van der Waals surface area contributed by atoms with Gasteiger partial charge in [-0.15, -0.1) is 0 Å². The zero-order chi connectivity index (χ0) is 19.9. The van der Waals surface area contributed by atoms with E-state index in [0.29, 0.717) is 36.6 Å². The highest BCUT2D eigenvalue weighted by Gasteiger charge is 2.12. The Morgan fingerprint density at radius 3 is 2.54 bits per heavy atom. The summed E-state index contributed by atoms with van der Waals surface area (Å²) < 4.78 is 13.6. The van der Waals surface area contributed by atoms with Crippen LogP contribution in [0.2, 0.25) is 0 Å². The number of anilines is 2. The minimum absolute atomic E-state index is 0.264. The first-order valence-corrected chi connectivity index (χ1v) is 9.26. The highest BCUT2D eigenvalue weighted by molar-refractivity contribution is 5.93. The van der Waals surface area contributed by atoms with Gasteiger partial charge in [-0.1, -0.05) is 30.3 Å². The molecule has 0 fully saturated rings. The quantitative estimate of drug-likeness (QED) is 0.674. The number of hydrogen-bond acceptors (Lipinski definition) is 4. The maximum absolute atomic E-state index is 13.6. The molecule has 0 saturated carbocycles. The number of nitrogens with one attached hydrogen (secondary N) is 1. The molecule has 1 aromatic heterocycles. The number of benzene rings is 2. The van der Waals surface area contributed by atoms with Crippen LogP contribution < -0.4 is 10.2 Å². The predicted octanol–water partition coefficient (Wildman–Crippen LogP) is 4.05. The topological polar surface area (TPSA) is 58.1 Å². The summed E-state index contributed by atoms with van der Waals surface area (Å²) in [7, 11) is 0. The summed E-state index contributed by atoms with van der Waals surface area (Å²) in [4.78, 5) is 23.0. The summed E-state index contributed by atoms with van der Waals surface area (Å²) in [6.07, 6.45) is 3.45. The lowest BCUT2D eigenvalue weighted by Crippen LogP contribution is -2.26. The van der Waals surface area contributed by atoms with Crippen molar-refractivity contribution in [3.8, 4) is 0 Å². The molecule has 1 amide bonds. The summed E-state index contributed by atoms with van der Waals surface area (Å²) in [5.74, 6) is -0.00209. The largest absolute Gasteiger partial charge is 0.352 e. The minimum atomic E-state index is -0.276. The lowest BCUT2D eigenvalue weighted by atomic mass is 10.1. The maximum Gasteiger partial charge on any atom is 0.254 e. The van der Waals surface area contributed by atoms with Crippen LogP contribution in [0.25, 0.3) is 0 Å². The van der Waals surface area contributed by atoms with E-state index in [9.17, 15) is 9.18 Å². The Bertz CT molecular complexity index is 943. The Labute approximate surface area is 164 Å². The van der Waals surface area contributed by atoms with Crippen LogP contribution in [0.4, 0.5) is 16.0 Å². The van der Waals surface area contributed by atoms with E-state index in [0.717, 1.165) is 11.3 Å². The molecule has 3 rings (SSSR count). The van der Waals surface area contributed by atoms with Crippen molar-refractivity contribution in [1.29, 1.82) is 0 Å². The summed E-state index contributed by atoms with van der Waals surface area (Å²) in [6.45, 7) is 5.10. The molecular formula is C22H23FN4O. The molecule has 3 aromatic rings. The molecule has 0 atom stereocenters. The van der Waals surface area contributed by atoms with E-state index in [1.165, 1.54) is 18.5 Å². The van der Waals surface area contributed by atoms with E-state index in [2.05, 4.69) is 21.4 Å². The summed E-state index contributed by atoms with van der Waals surface area (Å²) in [6, 6.07) is 14.6. The Morgan fingerprint density at radius 1 is 1.11 bits per heavy atom. The summed E-state index contributed by atoms with van der Waals surface area (Å²) in [5.41, 5.74) is 3.11. The van der Waals surface area contributed by atoms with Crippen LogP contribution in [0.15, 0.2) is 60.9 Å². The summed E-state index contributed by atoms with van der Waals surface area (Å²) in [5, 5.41) is 2.78. The molecule has 2 aromatic carbocycles. The van der Waals surface area contributed by atoms with E-state index in [4.69, 9.17) is 0 Å². The molecule has 0 bridgehead atoms. The monoisotopic (exact) mass is 378 g/mol. The van der Waals surface area contributed by atoms with Gasteiger partial charge in [0.2, 0.25) is 5.95 Å². The van der Waals surface area contributed by atoms with E-state index in [-0.39, 0.29) is 11.7 Å². The van der Waals surface area contributed by atoms with Gasteiger partial charge in [0.15, 0.2) is 0 Å². The summed E-state index contributed by atoms with van der Waals surface area (Å²) >= 11 is 0. The number of aromatic nitrogens is 2. The molecule has 1 N–H and O–H groups in total. The SMILES string of the molecule is CCN(c1cccc(C)c1)c1ncc(C(=O)NCCc2ccccc2F)cn1. The number of hydrogen-bond donors (Lipinski definition) is 1. The standard InChI is InChI=1S/C22H23FN4O/c1-3-27(19-9-6-7-16(2)13-19)22-25-14-18(15-26-22)21(28)24-12-11-17-8-4-5-10-20(17)23/h4-10,13-15H,3,11-12H2,1-2H3,(H,24,28). The fourth-order valence-corrected chi connectivity index (χ4v) is 2.93. The average molecular weight is 378 g/mol. The van der Waals surface area contributed by atoms with E-state index >= 15 is 0 Å². The number of carbonyl (C=O) groups is 1. The van der Waals surface area contributed by atoms with Gasteiger partial charge in [-0.2, -0.15) is 0 Å². The molecule has 1 heterocycles. The van der Waals surface area contributed by atoms with Gasteiger partial charge in [0.25, 0.3) is 5.91 Å². The van der Waals surface area contributed by atoms with E-state index in [1.54, 1.807) is 18.2 Å². The number of amides is 1.